The smallest absolute Gasteiger partial charge is 0.339 e. The zero-order valence-corrected chi connectivity index (χ0v) is 77.4. The van der Waals surface area contributed by atoms with Gasteiger partial charge in [-0.15, -0.1) is 0 Å². The minimum absolute atomic E-state index is 0.0237. The molecule has 0 aromatic heterocycles. The number of carbonyl (C=O) groups excluding carboxylic acids is 8. The molecule has 27 nitrogen and oxygen atoms in total. The van der Waals surface area contributed by atoms with E-state index in [1.807, 2.05) is 133 Å². The molecule has 0 fully saturated rings. The van der Waals surface area contributed by atoms with Crippen molar-refractivity contribution in [2.75, 3.05) is 39.6 Å². The van der Waals surface area contributed by atoms with Crippen LogP contribution < -0.4 is 18.9 Å². The maximum absolute atomic E-state index is 14.8. The Balaban J connectivity index is 0.677. The number of Topliss-reactive ketones (excluding diaryl/α,β-unsaturated/α-hetero) is 1. The van der Waals surface area contributed by atoms with Gasteiger partial charge in [0.15, 0.2) is 6.10 Å². The number of rotatable bonds is 44. The Morgan fingerprint density at radius 3 is 1.03 bits per heavy atom. The molecule has 0 saturated heterocycles. The molecule has 4 aliphatic carbocycles. The number of aliphatic carboxylic acids is 2. The zero-order chi connectivity index (χ0) is 99.7. The Labute approximate surface area is 807 Å². The summed E-state index contributed by atoms with van der Waals surface area (Å²) in [4.78, 5) is 158. The average Bonchev–Trinajstić information content (AvgIpc) is 1.54. The first kappa shape index (κ1) is 99.6. The second kappa shape index (κ2) is 43.8. The van der Waals surface area contributed by atoms with E-state index in [4.69, 9.17) is 52.1 Å². The third-order valence-corrected chi connectivity index (χ3v) is 25.4. The van der Waals surface area contributed by atoms with Crippen molar-refractivity contribution < 1.29 is 130 Å². The summed E-state index contributed by atoms with van der Waals surface area (Å²) in [6.45, 7) is 18.7. The van der Waals surface area contributed by atoms with Gasteiger partial charge in [-0.2, -0.15) is 0 Å². The molecule has 718 valence electrons. The summed E-state index contributed by atoms with van der Waals surface area (Å²) in [7, 11) is 0. The first-order valence-electron chi connectivity index (χ1n) is 45.5. The Bertz CT molecular complexity index is 6400. The molecular weight excluding hydrogens is 1790 g/mol. The van der Waals surface area contributed by atoms with E-state index in [9.17, 15) is 78.0 Å². The molecule has 0 radical (unpaired) electrons. The lowest BCUT2D eigenvalue weighted by Gasteiger charge is -2.34. The highest BCUT2D eigenvalue weighted by Crippen LogP contribution is 2.59. The van der Waals surface area contributed by atoms with Gasteiger partial charge in [0.05, 0.1) is 64.1 Å². The molecule has 10 aromatic carbocycles. The van der Waals surface area contributed by atoms with Crippen LogP contribution in [-0.2, 0) is 82.3 Å². The fourth-order valence-corrected chi connectivity index (χ4v) is 19.0. The van der Waals surface area contributed by atoms with Crippen LogP contribution in [0.15, 0.2) is 305 Å². The minimum Gasteiger partial charge on any atom is -0.493 e. The fourth-order valence-electron chi connectivity index (χ4n) is 19.0. The predicted molar refractivity (Wildman–Crippen MR) is 515 cm³/mol. The lowest BCUT2D eigenvalue weighted by Crippen LogP contribution is -2.40. The van der Waals surface area contributed by atoms with Crippen LogP contribution in [0, 0.1) is 29.6 Å². The molecule has 0 spiro atoms. The highest BCUT2D eigenvalue weighted by Gasteiger charge is 2.49. The second-order valence-corrected chi connectivity index (χ2v) is 35.6. The lowest BCUT2D eigenvalue weighted by atomic mass is 9.68. The van der Waals surface area contributed by atoms with Crippen molar-refractivity contribution in [2.24, 2.45) is 29.6 Å². The number of ketones is 1. The number of hydrogen-bond acceptors (Lipinski definition) is 23. The highest BCUT2D eigenvalue weighted by atomic mass is 16.6. The molecule has 4 aliphatic rings. The van der Waals surface area contributed by atoms with Crippen molar-refractivity contribution in [1.82, 2.24) is 0 Å². The fraction of sp³-hybridized carbons (Fsp3) is 0.257. The molecule has 8 unspecified atom stereocenters. The van der Waals surface area contributed by atoms with E-state index in [1.165, 1.54) is 24.3 Å². The third-order valence-electron chi connectivity index (χ3n) is 25.4. The molecule has 4 N–H and O–H groups in total. The molecule has 0 bridgehead atoms. The van der Waals surface area contributed by atoms with Crippen LogP contribution in [0.3, 0.4) is 0 Å². The molecule has 0 saturated carbocycles. The highest BCUT2D eigenvalue weighted by molar-refractivity contribution is 6.06. The van der Waals surface area contributed by atoms with E-state index in [0.29, 0.717) is 17.2 Å². The van der Waals surface area contributed by atoms with Crippen molar-refractivity contribution in [1.29, 1.82) is 0 Å². The normalized spacial score (nSPS) is 16.4. The standard InChI is InChI=1S/C113H104O27/c1-9-99(115)132-63-68(57-98(114)86-29-13-14-30-87(86)103(119)120)62-130-75-47-39-71(40-48-75)112(94-33-21-17-25-82(94)83-26-18-22-34-95(83)112)73-43-53-78(54-44-73)140-111(7,8)61-80(65-134-101(117)11-3)137-108(128)92-58-69(37-55-89(92)105(123)124)70-38-56-90(106(125)126)93(59-70)109(129)138-81(67-135-102(118)12-4)66-131-76-49-41-72(42-50-76)113(96-35-23-19-27-84(96)85-28-20-24-36-97(85)113)74-45-51-77(52-46-74)139-110(5,6)60-79(64-133-100(116)10-2)136-107(127)91-32-16-15-31-88(91)104(121)122/h9-28,33-56,58-59,68,79-81,86-88,91H,1-4,29-32,57,60-67H2,5-8H3,(H,119,120)(H,121,122)(H,123,124)(H,125,126). The lowest BCUT2D eigenvalue weighted by molar-refractivity contribution is -0.168. The third kappa shape index (κ3) is 22.3. The quantitative estimate of drug-likeness (QED) is 0.0119. The van der Waals surface area contributed by atoms with Crippen LogP contribution in [0.5, 0.6) is 23.0 Å². The monoisotopic (exact) mass is 1890 g/mol. The molecule has 10 aromatic rings. The summed E-state index contributed by atoms with van der Waals surface area (Å²) in [5.41, 5.74) is 5.01. The molecule has 0 aliphatic heterocycles. The number of carboxylic acids is 4. The maximum Gasteiger partial charge on any atom is 0.339 e. The molecule has 0 heterocycles. The average molecular weight is 1890 g/mol. The van der Waals surface area contributed by atoms with Gasteiger partial charge in [-0.25, -0.2) is 38.4 Å². The van der Waals surface area contributed by atoms with Gasteiger partial charge < -0.3 is 72.5 Å². The van der Waals surface area contributed by atoms with E-state index >= 15 is 0 Å². The molecule has 140 heavy (non-hydrogen) atoms. The number of fused-ring (bicyclic) bond motifs is 6. The molecule has 0 amide bonds. The van der Waals surface area contributed by atoms with E-state index in [2.05, 4.69) is 62.7 Å². The first-order chi connectivity index (χ1) is 67.3. The summed E-state index contributed by atoms with van der Waals surface area (Å²) >= 11 is 0. The summed E-state index contributed by atoms with van der Waals surface area (Å²) in [5.74, 6) is -14.6. The Hall–Kier alpha value is -16.3. The largest absolute Gasteiger partial charge is 0.493 e. The van der Waals surface area contributed by atoms with Gasteiger partial charge in [-0.3, -0.25) is 19.2 Å². The van der Waals surface area contributed by atoms with E-state index < -0.39 is 178 Å². The van der Waals surface area contributed by atoms with Crippen molar-refractivity contribution in [3.63, 3.8) is 0 Å². The number of aromatic carboxylic acids is 2. The van der Waals surface area contributed by atoms with Crippen LogP contribution in [0.2, 0.25) is 0 Å². The zero-order valence-electron chi connectivity index (χ0n) is 77.4. The number of carboxylic acid groups (broad SMARTS) is 4. The van der Waals surface area contributed by atoms with E-state index in [-0.39, 0.29) is 87.4 Å². The molecular formula is C113H104O27. The number of carbonyl (C=O) groups is 12. The predicted octanol–water partition coefficient (Wildman–Crippen LogP) is 18.5. The van der Waals surface area contributed by atoms with Gasteiger partial charge in [-0.1, -0.05) is 208 Å². The molecule has 8 atom stereocenters. The SMILES string of the molecule is C=CC(=O)OCC(COc1ccc(C2(c3ccc(OC(C)(C)CC(COC(=O)C=C)OC(=O)c4cc(-c5ccc(C(=O)O)c(C(=O)OC(COC(=O)C=C)COc6ccc(C7(c8ccc(OC(C)(C)CC(COC(=O)C=C)OC(=O)C9CC=CCC9C(=O)O)cc8)c8ccccc8-c8ccccc87)cc6)c5)ccc4C(=O)O)cc3)c3ccccc3-c3ccccc32)cc1)CC(=O)C1CC=CCC1C(=O)O. The van der Waals surface area contributed by atoms with Crippen molar-refractivity contribution in [2.45, 2.75) is 113 Å². The number of benzene rings is 10. The summed E-state index contributed by atoms with van der Waals surface area (Å²) < 4.78 is 65.7. The van der Waals surface area contributed by atoms with Crippen molar-refractivity contribution >= 4 is 71.4 Å². The van der Waals surface area contributed by atoms with Crippen LogP contribution >= 0.6 is 0 Å². The van der Waals surface area contributed by atoms with Crippen molar-refractivity contribution in [3.05, 3.63) is 372 Å². The number of ether oxygens (including phenoxy) is 11. The Kier molecular flexibility index (Phi) is 31.2. The summed E-state index contributed by atoms with van der Waals surface area (Å²) in [6.07, 6.45) is 7.59. The number of allylic oxidation sites excluding steroid dienone is 4. The van der Waals surface area contributed by atoms with Gasteiger partial charge in [0.1, 0.15) is 78.6 Å². The van der Waals surface area contributed by atoms with Gasteiger partial charge in [0.2, 0.25) is 0 Å². The first-order valence-corrected chi connectivity index (χ1v) is 45.5. The maximum atomic E-state index is 14.8. The van der Waals surface area contributed by atoms with Gasteiger partial charge in [0.25, 0.3) is 0 Å². The van der Waals surface area contributed by atoms with Crippen LogP contribution in [-0.4, -0.2) is 161 Å². The summed E-state index contributed by atoms with van der Waals surface area (Å²) in [6, 6.07) is 69.2. The topological polar surface area (TPSA) is 387 Å². The van der Waals surface area contributed by atoms with Crippen molar-refractivity contribution in [3.8, 4) is 56.4 Å². The van der Waals surface area contributed by atoms with Crippen LogP contribution in [0.4, 0.5) is 0 Å². The van der Waals surface area contributed by atoms with E-state index in [1.54, 1.807) is 76.3 Å². The summed E-state index contributed by atoms with van der Waals surface area (Å²) in [5, 5.41) is 41.2. The van der Waals surface area contributed by atoms with Crippen LogP contribution in [0.25, 0.3) is 33.4 Å². The number of esters is 7. The minimum atomic E-state index is -1.55. The van der Waals surface area contributed by atoms with Gasteiger partial charge in [-0.05, 0) is 204 Å². The second-order valence-electron chi connectivity index (χ2n) is 35.6. The van der Waals surface area contributed by atoms with E-state index in [0.717, 1.165) is 103 Å². The number of hydrogen-bond donors (Lipinski definition) is 4. The molecule has 14 rings (SSSR count). The van der Waals surface area contributed by atoms with Gasteiger partial charge in [0, 0.05) is 55.4 Å². The Morgan fingerprint density at radius 1 is 0.350 bits per heavy atom. The van der Waals surface area contributed by atoms with Crippen LogP contribution in [0.1, 0.15) is 159 Å². The Morgan fingerprint density at radius 2 is 0.664 bits per heavy atom. The van der Waals surface area contributed by atoms with Gasteiger partial charge >= 0.3 is 65.7 Å². The molecule has 27 heteroatoms.